The quantitative estimate of drug-likeness (QED) is 0.858. The van der Waals surface area contributed by atoms with Gasteiger partial charge in [-0.1, -0.05) is 0 Å². The number of carboxylic acids is 1. The number of aromatic nitrogens is 1. The Morgan fingerprint density at radius 2 is 2.11 bits per heavy atom. The second-order valence-corrected chi connectivity index (χ2v) is 3.49. The van der Waals surface area contributed by atoms with Gasteiger partial charge in [0.15, 0.2) is 11.5 Å². The zero-order chi connectivity index (χ0) is 13.1. The number of ether oxygens (including phenoxy) is 1. The molecule has 94 valence electrons. The van der Waals surface area contributed by atoms with Gasteiger partial charge in [-0.15, -0.1) is 0 Å². The first kappa shape index (κ1) is 12.0. The minimum atomic E-state index is -1.18. The molecule has 0 amide bonds. The lowest BCUT2D eigenvalue weighted by atomic mass is 10.1. The molecule has 0 fully saturated rings. The molecule has 0 atom stereocenters. The zero-order valence-corrected chi connectivity index (χ0v) is 9.71. The lowest BCUT2D eigenvalue weighted by molar-refractivity contribution is 0.0691. The molecule has 3 N–H and O–H groups in total. The van der Waals surface area contributed by atoms with Gasteiger partial charge in [-0.2, -0.15) is 4.98 Å². The molecule has 0 unspecified atom stereocenters. The van der Waals surface area contributed by atoms with Gasteiger partial charge in [-0.25, -0.2) is 4.79 Å². The highest BCUT2D eigenvalue weighted by atomic mass is 16.5. The maximum absolute atomic E-state index is 11.0. The predicted octanol–water partition coefficient (Wildman–Crippen LogP) is 2.02. The third-order valence-electron chi connectivity index (χ3n) is 2.27. The van der Waals surface area contributed by atoms with E-state index in [-0.39, 0.29) is 17.5 Å². The number of nitrogen functional groups attached to an aromatic ring is 1. The standard InChI is InChI=1S/C12H12N2O4/c1-2-17-8-5-3-7(4-6-8)10-9(11(15)16)14-12(13)18-10/h3-6H,2H2,1H3,(H2,13,14)(H,15,16). The number of aromatic carboxylic acids is 1. The minimum Gasteiger partial charge on any atom is -0.494 e. The second-order valence-electron chi connectivity index (χ2n) is 3.49. The molecule has 0 aliphatic rings. The fourth-order valence-corrected chi connectivity index (χ4v) is 1.55. The number of hydrogen-bond donors (Lipinski definition) is 2. The van der Waals surface area contributed by atoms with E-state index >= 15 is 0 Å². The Bertz CT molecular complexity index is 560. The maximum Gasteiger partial charge on any atom is 0.358 e. The van der Waals surface area contributed by atoms with Crippen molar-refractivity contribution < 1.29 is 19.1 Å². The Hall–Kier alpha value is -2.50. The summed E-state index contributed by atoms with van der Waals surface area (Å²) >= 11 is 0. The smallest absolute Gasteiger partial charge is 0.358 e. The molecule has 6 heteroatoms. The number of anilines is 1. The topological polar surface area (TPSA) is 98.6 Å². The largest absolute Gasteiger partial charge is 0.494 e. The SMILES string of the molecule is CCOc1ccc(-c2oc(N)nc2C(=O)O)cc1. The summed E-state index contributed by atoms with van der Waals surface area (Å²) in [7, 11) is 0. The van der Waals surface area contributed by atoms with Gasteiger partial charge in [-0.3, -0.25) is 0 Å². The third-order valence-corrected chi connectivity index (χ3v) is 2.27. The molecule has 0 spiro atoms. The van der Waals surface area contributed by atoms with Crippen LogP contribution >= 0.6 is 0 Å². The summed E-state index contributed by atoms with van der Waals surface area (Å²) in [5, 5.41) is 8.98. The van der Waals surface area contributed by atoms with Crippen molar-refractivity contribution in [3.05, 3.63) is 30.0 Å². The Morgan fingerprint density at radius 3 is 2.67 bits per heavy atom. The summed E-state index contributed by atoms with van der Waals surface area (Å²) in [5.74, 6) is -0.340. The first-order valence-corrected chi connectivity index (χ1v) is 5.34. The number of hydrogen-bond acceptors (Lipinski definition) is 5. The van der Waals surface area contributed by atoms with E-state index in [0.717, 1.165) is 0 Å². The molecule has 2 aromatic rings. The first-order valence-electron chi connectivity index (χ1n) is 5.34. The summed E-state index contributed by atoms with van der Waals surface area (Å²) in [6.45, 7) is 2.45. The van der Waals surface area contributed by atoms with Crippen LogP contribution in [0.15, 0.2) is 28.7 Å². The molecule has 1 heterocycles. The van der Waals surface area contributed by atoms with Crippen molar-refractivity contribution >= 4 is 12.0 Å². The number of nitrogens with two attached hydrogens (primary N) is 1. The van der Waals surface area contributed by atoms with Gasteiger partial charge >= 0.3 is 5.97 Å². The van der Waals surface area contributed by atoms with Crippen LogP contribution in [-0.2, 0) is 0 Å². The molecule has 6 nitrogen and oxygen atoms in total. The van der Waals surface area contributed by atoms with Crippen molar-refractivity contribution in [3.8, 4) is 17.1 Å². The monoisotopic (exact) mass is 248 g/mol. The van der Waals surface area contributed by atoms with Crippen molar-refractivity contribution in [1.82, 2.24) is 4.98 Å². The lowest BCUT2D eigenvalue weighted by Gasteiger charge is -2.03. The van der Waals surface area contributed by atoms with E-state index in [2.05, 4.69) is 4.98 Å². The summed E-state index contributed by atoms with van der Waals surface area (Å²) in [6, 6.07) is 6.66. The molecular weight excluding hydrogens is 236 g/mol. The summed E-state index contributed by atoms with van der Waals surface area (Å²) in [5.41, 5.74) is 5.75. The molecule has 0 bridgehead atoms. The molecule has 0 saturated heterocycles. The molecule has 0 saturated carbocycles. The normalized spacial score (nSPS) is 10.3. The predicted molar refractivity (Wildman–Crippen MR) is 64.5 cm³/mol. The molecule has 18 heavy (non-hydrogen) atoms. The minimum absolute atomic E-state index is 0.142. The number of oxazole rings is 1. The van der Waals surface area contributed by atoms with Crippen LogP contribution < -0.4 is 10.5 Å². The third kappa shape index (κ3) is 2.27. The van der Waals surface area contributed by atoms with E-state index in [9.17, 15) is 4.79 Å². The highest BCUT2D eigenvalue weighted by molar-refractivity contribution is 5.92. The number of carbonyl (C=O) groups is 1. The second kappa shape index (κ2) is 4.79. The van der Waals surface area contributed by atoms with E-state index in [1.165, 1.54) is 0 Å². The fraction of sp³-hybridized carbons (Fsp3) is 0.167. The van der Waals surface area contributed by atoms with Crippen molar-refractivity contribution in [3.63, 3.8) is 0 Å². The molecule has 0 radical (unpaired) electrons. The van der Waals surface area contributed by atoms with Crippen LogP contribution in [0.3, 0.4) is 0 Å². The van der Waals surface area contributed by atoms with Crippen LogP contribution in [0.25, 0.3) is 11.3 Å². The van der Waals surface area contributed by atoms with Crippen LogP contribution in [0, 0.1) is 0 Å². The number of benzene rings is 1. The Labute approximate surface area is 103 Å². The number of carboxylic acid groups (broad SMARTS) is 1. The van der Waals surface area contributed by atoms with E-state index in [1.54, 1.807) is 24.3 Å². The molecule has 1 aromatic heterocycles. The highest BCUT2D eigenvalue weighted by Crippen LogP contribution is 2.27. The van der Waals surface area contributed by atoms with Gasteiger partial charge in [0.05, 0.1) is 6.61 Å². The van der Waals surface area contributed by atoms with E-state index in [0.29, 0.717) is 17.9 Å². The zero-order valence-electron chi connectivity index (χ0n) is 9.71. The molecule has 0 aliphatic heterocycles. The average Bonchev–Trinajstić information content (AvgIpc) is 2.73. The van der Waals surface area contributed by atoms with Gasteiger partial charge in [0.2, 0.25) is 0 Å². The lowest BCUT2D eigenvalue weighted by Crippen LogP contribution is -1.99. The Balaban J connectivity index is 2.39. The Morgan fingerprint density at radius 1 is 1.44 bits per heavy atom. The molecular formula is C12H12N2O4. The van der Waals surface area contributed by atoms with Crippen molar-refractivity contribution in [2.75, 3.05) is 12.3 Å². The van der Waals surface area contributed by atoms with Crippen LogP contribution in [0.5, 0.6) is 5.75 Å². The van der Waals surface area contributed by atoms with Crippen molar-refractivity contribution in [1.29, 1.82) is 0 Å². The van der Waals surface area contributed by atoms with Gasteiger partial charge in [0.1, 0.15) is 5.75 Å². The average molecular weight is 248 g/mol. The summed E-state index contributed by atoms with van der Waals surface area (Å²) in [6.07, 6.45) is 0. The molecule has 2 rings (SSSR count). The Kier molecular flexibility index (Phi) is 3.18. The van der Waals surface area contributed by atoms with E-state index < -0.39 is 5.97 Å². The summed E-state index contributed by atoms with van der Waals surface area (Å²) < 4.78 is 10.4. The number of nitrogens with zero attached hydrogens (tertiary/aromatic N) is 1. The fourth-order valence-electron chi connectivity index (χ4n) is 1.55. The van der Waals surface area contributed by atoms with Crippen LogP contribution in [0.4, 0.5) is 6.01 Å². The van der Waals surface area contributed by atoms with E-state index in [1.807, 2.05) is 6.92 Å². The molecule has 1 aromatic carbocycles. The van der Waals surface area contributed by atoms with Crippen molar-refractivity contribution in [2.45, 2.75) is 6.92 Å². The number of rotatable bonds is 4. The van der Waals surface area contributed by atoms with Gasteiger partial charge in [0, 0.05) is 5.56 Å². The van der Waals surface area contributed by atoms with Crippen LogP contribution in [0.2, 0.25) is 0 Å². The van der Waals surface area contributed by atoms with Gasteiger partial charge < -0.3 is 20.0 Å². The van der Waals surface area contributed by atoms with Gasteiger partial charge in [-0.05, 0) is 31.2 Å². The maximum atomic E-state index is 11.0. The first-order chi connectivity index (χ1) is 8.61. The van der Waals surface area contributed by atoms with Crippen molar-refractivity contribution in [2.24, 2.45) is 0 Å². The van der Waals surface area contributed by atoms with Crippen LogP contribution in [-0.4, -0.2) is 22.7 Å². The van der Waals surface area contributed by atoms with Crippen LogP contribution in [0.1, 0.15) is 17.4 Å². The highest BCUT2D eigenvalue weighted by Gasteiger charge is 2.19. The molecule has 0 aliphatic carbocycles. The van der Waals surface area contributed by atoms with Gasteiger partial charge in [0.25, 0.3) is 6.01 Å². The summed E-state index contributed by atoms with van der Waals surface area (Å²) in [4.78, 5) is 14.6. The van der Waals surface area contributed by atoms with E-state index in [4.69, 9.17) is 20.0 Å².